The van der Waals surface area contributed by atoms with Crippen molar-refractivity contribution in [3.8, 4) is 5.75 Å². The van der Waals surface area contributed by atoms with Crippen LogP contribution in [0.4, 0.5) is 5.69 Å². The van der Waals surface area contributed by atoms with Crippen molar-refractivity contribution in [1.82, 2.24) is 4.90 Å². The van der Waals surface area contributed by atoms with E-state index in [1.54, 1.807) is 24.3 Å². The molecule has 0 aromatic heterocycles. The van der Waals surface area contributed by atoms with Gasteiger partial charge in [-0.2, -0.15) is 0 Å². The molecule has 1 unspecified atom stereocenters. The van der Waals surface area contributed by atoms with Crippen molar-refractivity contribution in [2.75, 3.05) is 24.6 Å². The molecule has 3 aromatic carbocycles. The Hall–Kier alpha value is -3.03. The number of rotatable bonds is 6. The van der Waals surface area contributed by atoms with Gasteiger partial charge in [-0.1, -0.05) is 48.0 Å². The molecule has 0 aliphatic carbocycles. The Balaban J connectivity index is 1.64. The van der Waals surface area contributed by atoms with E-state index in [9.17, 15) is 8.42 Å². The van der Waals surface area contributed by atoms with Crippen LogP contribution in [0.3, 0.4) is 0 Å². The molecule has 1 aliphatic heterocycles. The lowest BCUT2D eigenvalue weighted by Crippen LogP contribution is -2.32. The number of nitrogens with one attached hydrogen (secondary N) is 1. The van der Waals surface area contributed by atoms with Gasteiger partial charge in [0.05, 0.1) is 6.26 Å². The van der Waals surface area contributed by atoms with Crippen LogP contribution in [0.15, 0.2) is 77.8 Å². The molecule has 6 nitrogen and oxygen atoms in total. The highest BCUT2D eigenvalue weighted by molar-refractivity contribution is 7.92. The summed E-state index contributed by atoms with van der Waals surface area (Å²) in [6.07, 6.45) is 1.12. The van der Waals surface area contributed by atoms with Crippen molar-refractivity contribution in [2.45, 2.75) is 19.0 Å². The number of nitrogens with zero attached hydrogens (tertiary/aromatic N) is 2. The lowest BCUT2D eigenvalue weighted by Gasteiger charge is -2.28. The Morgan fingerprint density at radius 1 is 1.06 bits per heavy atom. The van der Waals surface area contributed by atoms with Crippen molar-refractivity contribution in [3.05, 3.63) is 94.5 Å². The van der Waals surface area contributed by atoms with Crippen LogP contribution in [0.2, 0.25) is 5.02 Å². The minimum absolute atomic E-state index is 0.270. The molecule has 8 heteroatoms. The molecule has 0 saturated carbocycles. The largest absolute Gasteiger partial charge is 0.486 e. The smallest absolute Gasteiger partial charge is 0.229 e. The van der Waals surface area contributed by atoms with Gasteiger partial charge in [-0.25, -0.2) is 8.42 Å². The monoisotopic (exact) mass is 483 g/mol. The molecular weight excluding hydrogens is 458 g/mol. The number of sulfonamides is 1. The molecular formula is C25H26ClN3O3S. The van der Waals surface area contributed by atoms with Crippen molar-refractivity contribution in [1.29, 1.82) is 0 Å². The van der Waals surface area contributed by atoms with Gasteiger partial charge in [0.15, 0.2) is 0 Å². The number of hydrogen-bond acceptors (Lipinski definition) is 5. The van der Waals surface area contributed by atoms with E-state index in [1.807, 2.05) is 43.4 Å². The summed E-state index contributed by atoms with van der Waals surface area (Å²) in [6, 6.07) is 22.9. The van der Waals surface area contributed by atoms with E-state index in [2.05, 4.69) is 28.7 Å². The highest BCUT2D eigenvalue weighted by Crippen LogP contribution is 2.38. The first-order valence-corrected chi connectivity index (χ1v) is 12.8. The molecule has 1 N–H and O–H groups in total. The SMILES string of the molecule is CN1Cc2ccccc2C(C)(c2ccc(Cl)cc2)N=C1COc1ccc(NS(C)(=O)=O)cc1. The highest BCUT2D eigenvalue weighted by Gasteiger charge is 2.34. The average molecular weight is 484 g/mol. The normalized spacial score (nSPS) is 18.2. The maximum Gasteiger partial charge on any atom is 0.229 e. The third kappa shape index (κ3) is 5.31. The molecule has 1 atom stereocenters. The van der Waals surface area contributed by atoms with Gasteiger partial charge in [0.25, 0.3) is 0 Å². The molecule has 0 radical (unpaired) electrons. The van der Waals surface area contributed by atoms with Gasteiger partial charge >= 0.3 is 0 Å². The van der Waals surface area contributed by atoms with Crippen LogP contribution in [-0.4, -0.2) is 39.1 Å². The fourth-order valence-corrected chi connectivity index (χ4v) is 4.69. The summed E-state index contributed by atoms with van der Waals surface area (Å²) in [5, 5.41) is 0.683. The number of anilines is 1. The molecule has 0 saturated heterocycles. The number of ether oxygens (including phenoxy) is 1. The second-order valence-corrected chi connectivity index (χ2v) is 10.5. The first-order valence-electron chi connectivity index (χ1n) is 10.5. The van der Waals surface area contributed by atoms with Crippen molar-refractivity contribution < 1.29 is 13.2 Å². The molecule has 1 aliphatic rings. The number of aliphatic imine (C=N–C) groups is 1. The summed E-state index contributed by atoms with van der Waals surface area (Å²) < 4.78 is 31.3. The van der Waals surface area contributed by atoms with Crippen molar-refractivity contribution >= 4 is 33.1 Å². The molecule has 4 rings (SSSR count). The van der Waals surface area contributed by atoms with Crippen LogP contribution in [0.25, 0.3) is 0 Å². The zero-order chi connectivity index (χ0) is 23.6. The van der Waals surface area contributed by atoms with Gasteiger partial charge in [-0.15, -0.1) is 0 Å². The Morgan fingerprint density at radius 3 is 2.39 bits per heavy atom. The first-order chi connectivity index (χ1) is 15.6. The molecule has 33 heavy (non-hydrogen) atoms. The number of likely N-dealkylation sites (N-methyl/N-ethyl adjacent to an activating group) is 1. The summed E-state index contributed by atoms with van der Waals surface area (Å²) in [5.74, 6) is 1.43. The highest BCUT2D eigenvalue weighted by atomic mass is 35.5. The first kappa shape index (κ1) is 23.1. The van der Waals surface area contributed by atoms with Gasteiger partial charge in [0.1, 0.15) is 23.7 Å². The minimum atomic E-state index is -3.32. The van der Waals surface area contributed by atoms with Crippen LogP contribution < -0.4 is 9.46 Å². The lowest BCUT2D eigenvalue weighted by molar-refractivity contribution is 0.348. The van der Waals surface area contributed by atoms with Gasteiger partial charge < -0.3 is 9.64 Å². The predicted molar refractivity (Wildman–Crippen MR) is 134 cm³/mol. The van der Waals surface area contributed by atoms with E-state index in [4.69, 9.17) is 21.3 Å². The number of hydrogen-bond donors (Lipinski definition) is 1. The Kier molecular flexibility index (Phi) is 6.36. The summed E-state index contributed by atoms with van der Waals surface area (Å²) in [7, 11) is -1.32. The molecule has 1 heterocycles. The number of fused-ring (bicyclic) bond motifs is 1. The quantitative estimate of drug-likeness (QED) is 0.541. The standard InChI is InChI=1S/C25H26ClN3O3S/c1-25(19-8-10-20(26)11-9-19)23-7-5-4-6-18(23)16-29(2)24(27-25)17-32-22-14-12-21(13-15-22)28-33(3,30)31/h4-15,28H,16-17H2,1-3H3. The van der Waals surface area contributed by atoms with Gasteiger partial charge in [0.2, 0.25) is 10.0 Å². The van der Waals surface area contributed by atoms with Crippen LogP contribution in [0, 0.1) is 0 Å². The number of halogens is 1. The summed E-state index contributed by atoms with van der Waals surface area (Å²) in [6.45, 7) is 3.09. The van der Waals surface area contributed by atoms with Gasteiger partial charge in [-0.05, 0) is 60.0 Å². The van der Waals surface area contributed by atoms with E-state index in [0.29, 0.717) is 23.0 Å². The van der Waals surface area contributed by atoms with Crippen molar-refractivity contribution in [3.63, 3.8) is 0 Å². The minimum Gasteiger partial charge on any atom is -0.486 e. The van der Waals surface area contributed by atoms with Crippen LogP contribution in [0.1, 0.15) is 23.6 Å². The second kappa shape index (κ2) is 9.08. The van der Waals surface area contributed by atoms with Crippen LogP contribution in [-0.2, 0) is 22.1 Å². The summed E-state index contributed by atoms with van der Waals surface area (Å²) in [4.78, 5) is 7.29. The number of benzene rings is 3. The zero-order valence-electron chi connectivity index (χ0n) is 18.7. The maximum atomic E-state index is 11.4. The van der Waals surface area contributed by atoms with E-state index >= 15 is 0 Å². The Morgan fingerprint density at radius 2 is 1.73 bits per heavy atom. The summed E-state index contributed by atoms with van der Waals surface area (Å²) >= 11 is 6.14. The average Bonchev–Trinajstić information content (AvgIpc) is 2.87. The topological polar surface area (TPSA) is 71.0 Å². The van der Waals surface area contributed by atoms with Gasteiger partial charge in [-0.3, -0.25) is 9.71 Å². The molecule has 0 amide bonds. The fraction of sp³-hybridized carbons (Fsp3) is 0.240. The Labute approximate surface area is 199 Å². The fourth-order valence-electron chi connectivity index (χ4n) is 4.00. The molecule has 0 fully saturated rings. The molecule has 0 bridgehead atoms. The van der Waals surface area contributed by atoms with Crippen molar-refractivity contribution in [2.24, 2.45) is 4.99 Å². The van der Waals surface area contributed by atoms with E-state index in [1.165, 1.54) is 5.56 Å². The van der Waals surface area contributed by atoms with E-state index in [0.717, 1.165) is 23.2 Å². The maximum absolute atomic E-state index is 11.4. The van der Waals surface area contributed by atoms with E-state index in [-0.39, 0.29) is 6.61 Å². The lowest BCUT2D eigenvalue weighted by atomic mass is 9.83. The van der Waals surface area contributed by atoms with Crippen LogP contribution in [0.5, 0.6) is 5.75 Å². The van der Waals surface area contributed by atoms with Gasteiger partial charge in [0, 0.05) is 24.3 Å². The number of amidine groups is 1. The zero-order valence-corrected chi connectivity index (χ0v) is 20.3. The molecule has 3 aromatic rings. The van der Waals surface area contributed by atoms with E-state index < -0.39 is 15.6 Å². The third-order valence-corrected chi connectivity index (χ3v) is 6.53. The predicted octanol–water partition coefficient (Wildman–Crippen LogP) is 4.90. The second-order valence-electron chi connectivity index (χ2n) is 8.31. The van der Waals surface area contributed by atoms with Crippen LogP contribution >= 0.6 is 11.6 Å². The summed E-state index contributed by atoms with van der Waals surface area (Å²) in [5.41, 5.74) is 3.27. The third-order valence-electron chi connectivity index (χ3n) is 5.67. The molecule has 0 spiro atoms. The Bertz CT molecular complexity index is 1280. The molecule has 172 valence electrons.